The van der Waals surface area contributed by atoms with Gasteiger partial charge < -0.3 is 19.8 Å². The van der Waals surface area contributed by atoms with Crippen LogP contribution in [-0.4, -0.2) is 47.0 Å². The lowest BCUT2D eigenvalue weighted by atomic mass is 10.0. The number of aryl methyl sites for hydroxylation is 1. The number of hydrogen-bond acceptors (Lipinski definition) is 5. The molecule has 1 aliphatic rings. The third-order valence-corrected chi connectivity index (χ3v) is 5.87. The molecule has 164 valence electrons. The zero-order valence-corrected chi connectivity index (χ0v) is 17.6. The monoisotopic (exact) mass is 437 g/mol. The summed E-state index contributed by atoms with van der Waals surface area (Å²) in [5, 5.41) is 18.5. The van der Waals surface area contributed by atoms with Crippen LogP contribution in [0.25, 0.3) is 21.8 Å². The van der Waals surface area contributed by atoms with E-state index in [-0.39, 0.29) is 17.9 Å². The smallest absolute Gasteiger partial charge is 0.297 e. The Kier molecular flexibility index (Phi) is 4.75. The van der Waals surface area contributed by atoms with Crippen LogP contribution in [0.3, 0.4) is 0 Å². The van der Waals surface area contributed by atoms with E-state index >= 15 is 0 Å². The molecule has 0 saturated carbocycles. The highest BCUT2D eigenvalue weighted by Gasteiger charge is 2.46. The quantitative estimate of drug-likeness (QED) is 0.497. The van der Waals surface area contributed by atoms with Gasteiger partial charge in [-0.05, 0) is 36.8 Å². The fourth-order valence-corrected chi connectivity index (χ4v) is 4.25. The van der Waals surface area contributed by atoms with Crippen LogP contribution >= 0.6 is 0 Å². The van der Waals surface area contributed by atoms with E-state index in [2.05, 4.69) is 15.4 Å². The number of methoxy groups -OCH3 is 1. The Balaban J connectivity index is 1.58. The van der Waals surface area contributed by atoms with Crippen molar-refractivity contribution in [2.45, 2.75) is 25.5 Å². The average Bonchev–Trinajstić information content (AvgIpc) is 3.49. The number of rotatable bonds is 5. The second-order valence-electron chi connectivity index (χ2n) is 7.96. The Morgan fingerprint density at radius 1 is 1.34 bits per heavy atom. The maximum absolute atomic E-state index is 14.1. The number of ether oxygens (including phenoxy) is 2. The number of halogens is 2. The highest BCUT2D eigenvalue weighted by Crippen LogP contribution is 2.35. The SMILES string of the molecule is COc1cc(C)c2[nH]ccc2c1Cn1cc2ccc(C#N)c(OC3CNCC3(F)F)c2n1. The van der Waals surface area contributed by atoms with Gasteiger partial charge in [0, 0.05) is 40.8 Å². The lowest BCUT2D eigenvalue weighted by Gasteiger charge is -2.20. The minimum atomic E-state index is -3.02. The van der Waals surface area contributed by atoms with Gasteiger partial charge in [0.1, 0.15) is 17.3 Å². The van der Waals surface area contributed by atoms with Crippen LogP contribution in [0.2, 0.25) is 0 Å². The molecular weight excluding hydrogens is 416 g/mol. The van der Waals surface area contributed by atoms with Gasteiger partial charge in [0.05, 0.1) is 25.8 Å². The normalized spacial score (nSPS) is 17.7. The van der Waals surface area contributed by atoms with E-state index in [0.717, 1.165) is 27.8 Å². The first-order valence-electron chi connectivity index (χ1n) is 10.2. The summed E-state index contributed by atoms with van der Waals surface area (Å²) >= 11 is 0. The first-order valence-corrected chi connectivity index (χ1v) is 10.2. The second-order valence-corrected chi connectivity index (χ2v) is 7.96. The fourth-order valence-electron chi connectivity index (χ4n) is 4.25. The van der Waals surface area contributed by atoms with Crippen molar-refractivity contribution in [2.75, 3.05) is 20.2 Å². The molecule has 5 rings (SSSR count). The largest absolute Gasteiger partial charge is 0.496 e. The van der Waals surface area contributed by atoms with Crippen molar-refractivity contribution in [1.82, 2.24) is 20.1 Å². The van der Waals surface area contributed by atoms with Gasteiger partial charge in [-0.15, -0.1) is 0 Å². The van der Waals surface area contributed by atoms with Crippen molar-refractivity contribution in [3.05, 3.63) is 53.3 Å². The van der Waals surface area contributed by atoms with Gasteiger partial charge in [0.25, 0.3) is 5.92 Å². The zero-order chi connectivity index (χ0) is 22.5. The summed E-state index contributed by atoms with van der Waals surface area (Å²) in [7, 11) is 1.62. The van der Waals surface area contributed by atoms with Crippen molar-refractivity contribution in [3.63, 3.8) is 0 Å². The molecule has 1 unspecified atom stereocenters. The number of nitrogens with one attached hydrogen (secondary N) is 2. The van der Waals surface area contributed by atoms with Gasteiger partial charge in [-0.1, -0.05) is 0 Å². The summed E-state index contributed by atoms with van der Waals surface area (Å²) in [4.78, 5) is 3.25. The van der Waals surface area contributed by atoms with E-state index in [1.54, 1.807) is 23.9 Å². The fraction of sp³-hybridized carbons (Fsp3) is 0.304. The summed E-state index contributed by atoms with van der Waals surface area (Å²) in [6.07, 6.45) is 2.33. The van der Waals surface area contributed by atoms with Crippen LogP contribution < -0.4 is 14.8 Å². The number of alkyl halides is 2. The predicted octanol–water partition coefficient (Wildman–Crippen LogP) is 3.74. The number of aromatic amines is 1. The first kappa shape index (κ1) is 20.3. The molecule has 0 bridgehead atoms. The Morgan fingerprint density at radius 3 is 2.91 bits per heavy atom. The van der Waals surface area contributed by atoms with Gasteiger partial charge in [0.15, 0.2) is 11.9 Å². The van der Waals surface area contributed by atoms with Crippen LogP contribution in [0.4, 0.5) is 8.78 Å². The van der Waals surface area contributed by atoms with E-state index in [1.165, 1.54) is 0 Å². The molecule has 7 nitrogen and oxygen atoms in total. The maximum atomic E-state index is 14.1. The van der Waals surface area contributed by atoms with Gasteiger partial charge in [-0.2, -0.15) is 10.4 Å². The highest BCUT2D eigenvalue weighted by molar-refractivity contribution is 5.89. The Morgan fingerprint density at radius 2 is 2.19 bits per heavy atom. The van der Waals surface area contributed by atoms with Gasteiger partial charge in [0.2, 0.25) is 0 Å². The molecule has 0 amide bonds. The standard InChI is InChI=1S/C23H21F2N5O2/c1-13-7-18(31-2)17(16-5-6-28-20(13)16)11-30-10-15-4-3-14(8-26)22(21(15)29-30)32-19-9-27-12-23(19,24)25/h3-7,10,19,27-28H,9,11-12H2,1-2H3. The predicted molar refractivity (Wildman–Crippen MR) is 115 cm³/mol. The third-order valence-electron chi connectivity index (χ3n) is 5.87. The van der Waals surface area contributed by atoms with Crippen LogP contribution in [0.5, 0.6) is 11.5 Å². The zero-order valence-electron chi connectivity index (χ0n) is 17.6. The minimum absolute atomic E-state index is 0.000994. The molecule has 1 saturated heterocycles. The minimum Gasteiger partial charge on any atom is -0.496 e. The Hall–Kier alpha value is -3.64. The number of benzene rings is 2. The van der Waals surface area contributed by atoms with Crippen molar-refractivity contribution in [1.29, 1.82) is 5.26 Å². The van der Waals surface area contributed by atoms with Gasteiger partial charge >= 0.3 is 0 Å². The van der Waals surface area contributed by atoms with Crippen LogP contribution in [0, 0.1) is 18.3 Å². The molecule has 3 heterocycles. The number of H-pyrrole nitrogens is 1. The first-order chi connectivity index (χ1) is 15.4. The molecule has 4 aromatic rings. The summed E-state index contributed by atoms with van der Waals surface area (Å²) in [5.74, 6) is -2.20. The number of fused-ring (bicyclic) bond motifs is 2. The lowest BCUT2D eigenvalue weighted by molar-refractivity contribution is -0.0594. The lowest BCUT2D eigenvalue weighted by Crippen LogP contribution is -2.36. The summed E-state index contributed by atoms with van der Waals surface area (Å²) in [6.45, 7) is 1.95. The van der Waals surface area contributed by atoms with Crippen LogP contribution in [-0.2, 0) is 6.54 Å². The van der Waals surface area contributed by atoms with E-state index in [4.69, 9.17) is 9.47 Å². The molecule has 1 fully saturated rings. The molecule has 2 aromatic heterocycles. The second kappa shape index (κ2) is 7.50. The Labute approximate surface area is 182 Å². The van der Waals surface area contributed by atoms with Gasteiger partial charge in [-0.3, -0.25) is 4.68 Å². The number of nitrogens with zero attached hydrogens (tertiary/aromatic N) is 3. The number of hydrogen-bond donors (Lipinski definition) is 2. The third kappa shape index (κ3) is 3.24. The average molecular weight is 437 g/mol. The molecule has 1 aliphatic heterocycles. The van der Waals surface area contributed by atoms with Crippen molar-refractivity contribution in [3.8, 4) is 17.6 Å². The summed E-state index contributed by atoms with van der Waals surface area (Å²) in [6, 6.07) is 9.30. The topological polar surface area (TPSA) is 87.9 Å². The highest BCUT2D eigenvalue weighted by atomic mass is 19.3. The molecule has 0 radical (unpaired) electrons. The maximum Gasteiger partial charge on any atom is 0.297 e. The van der Waals surface area contributed by atoms with Crippen molar-refractivity contribution < 1.29 is 18.3 Å². The van der Waals surface area contributed by atoms with E-state index in [9.17, 15) is 14.0 Å². The van der Waals surface area contributed by atoms with Crippen molar-refractivity contribution in [2.24, 2.45) is 0 Å². The molecule has 2 N–H and O–H groups in total. The molecular formula is C23H21F2N5O2. The number of nitriles is 1. The van der Waals surface area contributed by atoms with E-state index in [1.807, 2.05) is 37.5 Å². The molecule has 1 atom stereocenters. The summed E-state index contributed by atoms with van der Waals surface area (Å²) in [5.41, 5.74) is 3.58. The van der Waals surface area contributed by atoms with Crippen LogP contribution in [0.15, 0.2) is 36.7 Å². The molecule has 32 heavy (non-hydrogen) atoms. The van der Waals surface area contributed by atoms with E-state index < -0.39 is 18.6 Å². The summed E-state index contributed by atoms with van der Waals surface area (Å²) < 4.78 is 41.3. The van der Waals surface area contributed by atoms with Crippen molar-refractivity contribution >= 4 is 21.8 Å². The van der Waals surface area contributed by atoms with Crippen LogP contribution in [0.1, 0.15) is 16.7 Å². The molecule has 0 spiro atoms. The molecule has 2 aromatic carbocycles. The number of aromatic nitrogens is 3. The molecule has 9 heteroatoms. The molecule has 0 aliphatic carbocycles. The van der Waals surface area contributed by atoms with E-state index in [0.29, 0.717) is 17.4 Å². The Bertz CT molecular complexity index is 1370. The van der Waals surface area contributed by atoms with Gasteiger partial charge in [-0.25, -0.2) is 8.78 Å².